The molecule has 1 radical (unpaired) electrons. The third kappa shape index (κ3) is 8.58. The van der Waals surface area contributed by atoms with E-state index in [1.165, 1.54) is 0 Å². The molecule has 1 aliphatic heterocycles. The van der Waals surface area contributed by atoms with E-state index in [9.17, 15) is 24.4 Å². The lowest BCUT2D eigenvalue weighted by Crippen LogP contribution is -2.75. The summed E-state index contributed by atoms with van der Waals surface area (Å²) in [5, 5.41) is 25.8. The maximum Gasteiger partial charge on any atom is 0.408 e. The van der Waals surface area contributed by atoms with Crippen LogP contribution in [0.25, 0.3) is 0 Å². The minimum Gasteiger partial charge on any atom is -0.444 e. The standard InChI is InChI=1S/C31H58N5O6/c1-19(2)29(15,21(37)32-25(5,6)7)33-22(38)30(16,20(3)4)34-23(39)31(35-24(40)42-26(8,9)10)17-27(11,12)36(41)28(13,14)18-31/h19-20H,17-18H2,1-16H3,(H,32,37)(H,33,38)(H,34,39)(H,35,40)/t29-,30-/m0/s1. The minimum atomic E-state index is -1.57. The molecule has 0 aromatic rings. The predicted molar refractivity (Wildman–Crippen MR) is 163 cm³/mol. The van der Waals surface area contributed by atoms with Crippen molar-refractivity contribution in [2.24, 2.45) is 11.8 Å². The molecule has 1 rings (SSSR count). The second-order valence-corrected chi connectivity index (χ2v) is 16.3. The molecule has 1 fully saturated rings. The SMILES string of the molecule is CC(C)[C@](C)(NC(=O)C1(NC(=O)OC(C)(C)C)CC(C)(C)N([O])C(C)(C)C1)C(=O)N[C@](C)(C(=O)NC(C)(C)C)C(C)C. The number of hydrogen-bond acceptors (Lipinski definition) is 6. The van der Waals surface area contributed by atoms with Crippen LogP contribution in [0.5, 0.6) is 0 Å². The summed E-state index contributed by atoms with van der Waals surface area (Å²) in [6.07, 6.45) is -0.845. The Bertz CT molecular complexity index is 1020. The fraction of sp³-hybridized carbons (Fsp3) is 0.871. The van der Waals surface area contributed by atoms with Gasteiger partial charge in [-0.2, -0.15) is 0 Å². The Morgan fingerprint density at radius 3 is 1.43 bits per heavy atom. The molecule has 0 saturated carbocycles. The molecule has 1 heterocycles. The molecule has 1 saturated heterocycles. The molecule has 2 atom stereocenters. The van der Waals surface area contributed by atoms with Gasteiger partial charge in [0.05, 0.1) is 0 Å². The number of amides is 4. The van der Waals surface area contributed by atoms with Crippen LogP contribution in [0.4, 0.5) is 4.79 Å². The molecule has 1 aliphatic rings. The van der Waals surface area contributed by atoms with E-state index in [0.29, 0.717) is 0 Å². The van der Waals surface area contributed by atoms with Gasteiger partial charge in [-0.3, -0.25) is 14.4 Å². The Morgan fingerprint density at radius 1 is 0.690 bits per heavy atom. The van der Waals surface area contributed by atoms with E-state index in [1.54, 1.807) is 76.2 Å². The quantitative estimate of drug-likeness (QED) is 0.330. The maximum atomic E-state index is 14.4. The predicted octanol–water partition coefficient (Wildman–Crippen LogP) is 4.22. The third-order valence-electron chi connectivity index (χ3n) is 8.23. The van der Waals surface area contributed by atoms with E-state index >= 15 is 0 Å². The number of rotatable bonds is 8. The number of carbonyl (C=O) groups excluding carboxylic acids is 4. The van der Waals surface area contributed by atoms with Crippen molar-refractivity contribution in [1.82, 2.24) is 26.3 Å². The molecule has 0 spiro atoms. The van der Waals surface area contributed by atoms with Crippen molar-refractivity contribution in [3.8, 4) is 0 Å². The van der Waals surface area contributed by atoms with E-state index in [4.69, 9.17) is 4.74 Å². The van der Waals surface area contributed by atoms with Gasteiger partial charge in [0.2, 0.25) is 17.7 Å². The van der Waals surface area contributed by atoms with Gasteiger partial charge in [0.1, 0.15) is 22.2 Å². The van der Waals surface area contributed by atoms with Crippen LogP contribution in [0, 0.1) is 11.8 Å². The number of hydroxylamine groups is 2. The molecular weight excluding hydrogens is 538 g/mol. The second-order valence-electron chi connectivity index (χ2n) is 16.3. The number of piperidine rings is 1. The maximum absolute atomic E-state index is 14.4. The van der Waals surface area contributed by atoms with Crippen molar-refractivity contribution in [3.63, 3.8) is 0 Å². The molecule has 11 heteroatoms. The number of hydrogen-bond donors (Lipinski definition) is 4. The van der Waals surface area contributed by atoms with Crippen LogP contribution >= 0.6 is 0 Å². The zero-order chi connectivity index (χ0) is 33.5. The summed E-state index contributed by atoms with van der Waals surface area (Å²) in [6, 6.07) is 0. The first-order valence-corrected chi connectivity index (χ1v) is 14.9. The first-order valence-electron chi connectivity index (χ1n) is 14.9. The van der Waals surface area contributed by atoms with Crippen molar-refractivity contribution in [2.75, 3.05) is 0 Å². The molecule has 0 unspecified atom stereocenters. The lowest BCUT2D eigenvalue weighted by atomic mass is 9.69. The Morgan fingerprint density at radius 2 is 1.07 bits per heavy atom. The van der Waals surface area contributed by atoms with Crippen molar-refractivity contribution < 1.29 is 29.1 Å². The van der Waals surface area contributed by atoms with Gasteiger partial charge in [-0.1, -0.05) is 27.7 Å². The van der Waals surface area contributed by atoms with Crippen LogP contribution in [0.3, 0.4) is 0 Å². The Kier molecular flexibility index (Phi) is 10.7. The number of alkyl carbamates (subject to hydrolysis) is 1. The lowest BCUT2D eigenvalue weighted by Gasteiger charge is -2.55. The average Bonchev–Trinajstić information content (AvgIpc) is 2.73. The number of carbonyl (C=O) groups is 4. The van der Waals surface area contributed by atoms with Gasteiger partial charge in [-0.15, -0.1) is 10.3 Å². The molecule has 11 nitrogen and oxygen atoms in total. The summed E-state index contributed by atoms with van der Waals surface area (Å²) in [6.45, 7) is 28.2. The summed E-state index contributed by atoms with van der Waals surface area (Å²) in [7, 11) is 0. The Hall–Kier alpha value is -2.40. The highest BCUT2D eigenvalue weighted by Crippen LogP contribution is 2.43. The zero-order valence-corrected chi connectivity index (χ0v) is 29.0. The van der Waals surface area contributed by atoms with Gasteiger partial charge in [0, 0.05) is 16.6 Å². The van der Waals surface area contributed by atoms with E-state index in [1.807, 2.05) is 34.6 Å². The highest BCUT2D eigenvalue weighted by molar-refractivity contribution is 5.99. The minimum absolute atomic E-state index is 0.0223. The van der Waals surface area contributed by atoms with Crippen molar-refractivity contribution in [1.29, 1.82) is 0 Å². The summed E-state index contributed by atoms with van der Waals surface area (Å²) in [5.74, 6) is -2.19. The van der Waals surface area contributed by atoms with Gasteiger partial charge in [-0.05, 0) is 108 Å². The number of nitrogens with one attached hydrogen (secondary N) is 4. The summed E-state index contributed by atoms with van der Waals surface area (Å²) >= 11 is 0. The van der Waals surface area contributed by atoms with Gasteiger partial charge < -0.3 is 26.0 Å². The highest BCUT2D eigenvalue weighted by atomic mass is 16.6. The Balaban J connectivity index is 3.59. The van der Waals surface area contributed by atoms with Crippen LogP contribution in [0.1, 0.15) is 124 Å². The zero-order valence-electron chi connectivity index (χ0n) is 29.0. The second kappa shape index (κ2) is 11.9. The molecule has 4 amide bonds. The van der Waals surface area contributed by atoms with Gasteiger partial charge in [0.25, 0.3) is 0 Å². The summed E-state index contributed by atoms with van der Waals surface area (Å²) in [4.78, 5) is 54.9. The van der Waals surface area contributed by atoms with E-state index in [0.717, 1.165) is 5.06 Å². The molecule has 0 aromatic heterocycles. The fourth-order valence-electron chi connectivity index (χ4n) is 5.43. The third-order valence-corrected chi connectivity index (χ3v) is 8.23. The molecule has 0 aromatic carbocycles. The first-order chi connectivity index (χ1) is 18.4. The van der Waals surface area contributed by atoms with Crippen LogP contribution < -0.4 is 21.3 Å². The van der Waals surface area contributed by atoms with Crippen molar-refractivity contribution in [3.05, 3.63) is 0 Å². The molecule has 42 heavy (non-hydrogen) atoms. The largest absolute Gasteiger partial charge is 0.444 e. The van der Waals surface area contributed by atoms with Gasteiger partial charge in [0.15, 0.2) is 0 Å². The van der Waals surface area contributed by atoms with Crippen molar-refractivity contribution >= 4 is 23.8 Å². The normalized spacial score (nSPS) is 21.5. The van der Waals surface area contributed by atoms with E-state index in [-0.39, 0.29) is 24.7 Å². The van der Waals surface area contributed by atoms with Crippen LogP contribution in [0.15, 0.2) is 0 Å². The summed E-state index contributed by atoms with van der Waals surface area (Å²) < 4.78 is 5.52. The smallest absolute Gasteiger partial charge is 0.408 e. The fourth-order valence-corrected chi connectivity index (χ4v) is 5.43. The highest BCUT2D eigenvalue weighted by Gasteiger charge is 2.59. The lowest BCUT2D eigenvalue weighted by molar-refractivity contribution is -0.295. The number of nitrogens with zero attached hydrogens (tertiary/aromatic N) is 1. The van der Waals surface area contributed by atoms with E-state index in [2.05, 4.69) is 21.3 Å². The first kappa shape index (κ1) is 37.6. The molecule has 4 N–H and O–H groups in total. The molecule has 243 valence electrons. The topological polar surface area (TPSA) is 149 Å². The van der Waals surface area contributed by atoms with Crippen LogP contribution in [-0.4, -0.2) is 67.7 Å². The molecular formula is C31H58N5O6. The van der Waals surface area contributed by atoms with Crippen LogP contribution in [0.2, 0.25) is 0 Å². The Labute approximate surface area is 253 Å². The molecule has 0 aliphatic carbocycles. The van der Waals surface area contributed by atoms with Gasteiger partial charge in [-0.25, -0.2) is 4.79 Å². The monoisotopic (exact) mass is 596 g/mol. The average molecular weight is 597 g/mol. The van der Waals surface area contributed by atoms with Crippen LogP contribution in [-0.2, 0) is 24.3 Å². The summed E-state index contributed by atoms with van der Waals surface area (Å²) in [5.41, 5.74) is -7.76. The van der Waals surface area contributed by atoms with Gasteiger partial charge >= 0.3 is 6.09 Å². The van der Waals surface area contributed by atoms with E-state index < -0.39 is 62.7 Å². The van der Waals surface area contributed by atoms with Crippen molar-refractivity contribution in [2.45, 2.75) is 162 Å². The molecule has 0 bridgehead atoms. The number of ether oxygens (including phenoxy) is 1.